The largest absolute Gasteiger partial charge is 0.396 e. The number of anilines is 2. The molecule has 0 unspecified atom stereocenters. The minimum Gasteiger partial charge on any atom is -0.396 e. The molecule has 3 nitrogen and oxygen atoms in total. The molecule has 1 aromatic rings. The molecule has 70 valence electrons. The highest BCUT2D eigenvalue weighted by molar-refractivity contribution is 5.64. The van der Waals surface area contributed by atoms with E-state index < -0.39 is 0 Å². The van der Waals surface area contributed by atoms with E-state index in [4.69, 9.17) is 5.73 Å². The minimum atomic E-state index is 0.510. The second kappa shape index (κ2) is 2.91. The molecule has 0 amide bonds. The zero-order valence-corrected chi connectivity index (χ0v) is 7.88. The summed E-state index contributed by atoms with van der Waals surface area (Å²) >= 11 is 0. The van der Waals surface area contributed by atoms with Crippen molar-refractivity contribution in [3.05, 3.63) is 18.5 Å². The highest BCUT2D eigenvalue weighted by Crippen LogP contribution is 2.44. The van der Waals surface area contributed by atoms with Crippen LogP contribution in [0.25, 0.3) is 0 Å². The molecule has 3 N–H and O–H groups in total. The minimum absolute atomic E-state index is 0.510. The molecule has 0 aromatic carbocycles. The summed E-state index contributed by atoms with van der Waals surface area (Å²) in [5.74, 6) is 0. The predicted molar refractivity (Wildman–Crippen MR) is 54.5 cm³/mol. The van der Waals surface area contributed by atoms with Crippen LogP contribution >= 0.6 is 0 Å². The molecule has 0 aliphatic heterocycles. The van der Waals surface area contributed by atoms with Crippen LogP contribution in [-0.2, 0) is 0 Å². The number of rotatable bonds is 3. The Morgan fingerprint density at radius 1 is 1.62 bits per heavy atom. The lowest BCUT2D eigenvalue weighted by Crippen LogP contribution is -2.12. The Balaban J connectivity index is 1.97. The van der Waals surface area contributed by atoms with Gasteiger partial charge in [-0.15, -0.1) is 0 Å². The lowest BCUT2D eigenvalue weighted by Gasteiger charge is -2.12. The van der Waals surface area contributed by atoms with E-state index in [1.165, 1.54) is 12.8 Å². The van der Waals surface area contributed by atoms with Crippen molar-refractivity contribution in [1.29, 1.82) is 0 Å². The fourth-order valence-corrected chi connectivity index (χ4v) is 1.27. The van der Waals surface area contributed by atoms with Crippen LogP contribution < -0.4 is 11.1 Å². The standard InChI is InChI=1S/C10H15N3/c1-10(3-4-10)7-13-9-2-5-12-6-8(9)11/h2,5-6H,3-4,7,11H2,1H3,(H,12,13). The van der Waals surface area contributed by atoms with Gasteiger partial charge >= 0.3 is 0 Å². The van der Waals surface area contributed by atoms with Crippen LogP contribution in [0.15, 0.2) is 18.5 Å². The van der Waals surface area contributed by atoms with Gasteiger partial charge in [0.2, 0.25) is 0 Å². The zero-order valence-electron chi connectivity index (χ0n) is 7.88. The third-order valence-corrected chi connectivity index (χ3v) is 2.66. The molecule has 1 fully saturated rings. The number of hydrogen-bond donors (Lipinski definition) is 2. The van der Waals surface area contributed by atoms with Gasteiger partial charge < -0.3 is 11.1 Å². The first-order chi connectivity index (χ1) is 6.20. The number of nitrogen functional groups attached to an aromatic ring is 1. The molecule has 1 aliphatic carbocycles. The van der Waals surface area contributed by atoms with E-state index >= 15 is 0 Å². The van der Waals surface area contributed by atoms with Crippen LogP contribution in [0.1, 0.15) is 19.8 Å². The highest BCUT2D eigenvalue weighted by atomic mass is 14.9. The van der Waals surface area contributed by atoms with Gasteiger partial charge in [-0.3, -0.25) is 4.98 Å². The summed E-state index contributed by atoms with van der Waals surface area (Å²) < 4.78 is 0. The Hall–Kier alpha value is -1.25. The molecule has 1 saturated carbocycles. The van der Waals surface area contributed by atoms with Crippen LogP contribution in [0.4, 0.5) is 11.4 Å². The average Bonchev–Trinajstić information content (AvgIpc) is 2.83. The number of aromatic nitrogens is 1. The number of nitrogens with two attached hydrogens (primary N) is 1. The van der Waals surface area contributed by atoms with Gasteiger partial charge in [0, 0.05) is 12.7 Å². The van der Waals surface area contributed by atoms with Gasteiger partial charge in [0.15, 0.2) is 0 Å². The van der Waals surface area contributed by atoms with Crippen molar-refractivity contribution in [2.24, 2.45) is 5.41 Å². The van der Waals surface area contributed by atoms with Gasteiger partial charge in [-0.25, -0.2) is 0 Å². The highest BCUT2D eigenvalue weighted by Gasteiger charge is 2.36. The van der Waals surface area contributed by atoms with Gasteiger partial charge in [0.05, 0.1) is 17.6 Å². The van der Waals surface area contributed by atoms with E-state index in [1.807, 2.05) is 6.07 Å². The molecular weight excluding hydrogens is 162 g/mol. The molecule has 0 bridgehead atoms. The predicted octanol–water partition coefficient (Wildman–Crippen LogP) is 1.88. The first kappa shape index (κ1) is 8.35. The molecular formula is C10H15N3. The third kappa shape index (κ3) is 1.91. The summed E-state index contributed by atoms with van der Waals surface area (Å²) in [5, 5.41) is 3.35. The molecule has 0 radical (unpaired) electrons. The maximum absolute atomic E-state index is 5.75. The van der Waals surface area contributed by atoms with Crippen LogP contribution in [0, 0.1) is 5.41 Å². The second-order valence-electron chi connectivity index (χ2n) is 4.13. The Morgan fingerprint density at radius 3 is 3.00 bits per heavy atom. The Bertz CT molecular complexity index is 305. The Labute approximate surface area is 78.4 Å². The molecule has 1 aromatic heterocycles. The number of nitrogens with zero attached hydrogens (tertiary/aromatic N) is 1. The molecule has 0 atom stereocenters. The van der Waals surface area contributed by atoms with Crippen LogP contribution in [0.3, 0.4) is 0 Å². The molecule has 3 heteroatoms. The Kier molecular flexibility index (Phi) is 1.87. The van der Waals surface area contributed by atoms with Crippen molar-refractivity contribution in [2.45, 2.75) is 19.8 Å². The molecule has 0 saturated heterocycles. The quantitative estimate of drug-likeness (QED) is 0.741. The normalized spacial score (nSPS) is 18.2. The van der Waals surface area contributed by atoms with Gasteiger partial charge in [-0.1, -0.05) is 6.92 Å². The van der Waals surface area contributed by atoms with E-state index in [0.29, 0.717) is 5.41 Å². The van der Waals surface area contributed by atoms with E-state index in [2.05, 4.69) is 17.2 Å². The van der Waals surface area contributed by atoms with Crippen LogP contribution in [0.5, 0.6) is 0 Å². The third-order valence-electron chi connectivity index (χ3n) is 2.66. The Morgan fingerprint density at radius 2 is 2.38 bits per heavy atom. The molecule has 0 spiro atoms. The maximum Gasteiger partial charge on any atom is 0.0736 e. The van der Waals surface area contributed by atoms with Crippen molar-refractivity contribution in [2.75, 3.05) is 17.6 Å². The lowest BCUT2D eigenvalue weighted by atomic mass is 10.1. The van der Waals surface area contributed by atoms with E-state index in [1.54, 1.807) is 12.4 Å². The van der Waals surface area contributed by atoms with Crippen molar-refractivity contribution in [1.82, 2.24) is 4.98 Å². The van der Waals surface area contributed by atoms with Crippen molar-refractivity contribution in [3.63, 3.8) is 0 Å². The molecule has 13 heavy (non-hydrogen) atoms. The van der Waals surface area contributed by atoms with Crippen LogP contribution in [-0.4, -0.2) is 11.5 Å². The fraction of sp³-hybridized carbons (Fsp3) is 0.500. The summed E-state index contributed by atoms with van der Waals surface area (Å²) in [7, 11) is 0. The second-order valence-corrected chi connectivity index (χ2v) is 4.13. The topological polar surface area (TPSA) is 50.9 Å². The van der Waals surface area contributed by atoms with Crippen molar-refractivity contribution in [3.8, 4) is 0 Å². The van der Waals surface area contributed by atoms with Crippen LogP contribution in [0.2, 0.25) is 0 Å². The van der Waals surface area contributed by atoms with Crippen molar-refractivity contribution < 1.29 is 0 Å². The van der Waals surface area contributed by atoms with E-state index in [9.17, 15) is 0 Å². The monoisotopic (exact) mass is 177 g/mol. The smallest absolute Gasteiger partial charge is 0.0736 e. The van der Waals surface area contributed by atoms with Gasteiger partial charge in [-0.2, -0.15) is 0 Å². The summed E-state index contributed by atoms with van der Waals surface area (Å²) in [4.78, 5) is 3.94. The molecule has 2 rings (SSSR count). The van der Waals surface area contributed by atoms with Gasteiger partial charge in [0.25, 0.3) is 0 Å². The molecule has 1 aliphatic rings. The summed E-state index contributed by atoms with van der Waals surface area (Å²) in [6, 6.07) is 1.92. The van der Waals surface area contributed by atoms with Gasteiger partial charge in [-0.05, 0) is 24.3 Å². The van der Waals surface area contributed by atoms with Crippen molar-refractivity contribution >= 4 is 11.4 Å². The first-order valence-electron chi connectivity index (χ1n) is 4.63. The summed E-state index contributed by atoms with van der Waals surface area (Å²) in [6.07, 6.45) is 6.08. The number of nitrogens with one attached hydrogen (secondary N) is 1. The first-order valence-corrected chi connectivity index (χ1v) is 4.63. The zero-order chi connectivity index (χ0) is 9.31. The summed E-state index contributed by atoms with van der Waals surface area (Å²) in [6.45, 7) is 3.30. The fourth-order valence-electron chi connectivity index (χ4n) is 1.27. The lowest BCUT2D eigenvalue weighted by molar-refractivity contribution is 0.611. The average molecular weight is 177 g/mol. The SMILES string of the molecule is CC1(CNc2ccncc2N)CC1. The van der Waals surface area contributed by atoms with Gasteiger partial charge in [0.1, 0.15) is 0 Å². The molecule has 1 heterocycles. The number of hydrogen-bond acceptors (Lipinski definition) is 3. The van der Waals surface area contributed by atoms with E-state index in [0.717, 1.165) is 17.9 Å². The maximum atomic E-state index is 5.75. The summed E-state index contributed by atoms with van der Waals surface area (Å²) in [5.41, 5.74) is 7.99. The van der Waals surface area contributed by atoms with E-state index in [-0.39, 0.29) is 0 Å². The number of pyridine rings is 1.